The Morgan fingerprint density at radius 2 is 1.88 bits per heavy atom. The Kier molecular flexibility index (Phi) is 4.76. The fraction of sp³-hybridized carbons (Fsp3) is 0.556. The molecule has 1 heterocycles. The maximum Gasteiger partial charge on any atom is 0.253 e. The Labute approximate surface area is 141 Å². The van der Waals surface area contributed by atoms with E-state index in [-0.39, 0.29) is 24.0 Å². The highest BCUT2D eigenvalue weighted by atomic mass is 16.5. The maximum atomic E-state index is 12.6. The largest absolute Gasteiger partial charge is 0.497 e. The minimum Gasteiger partial charge on any atom is -0.497 e. The third-order valence-electron chi connectivity index (χ3n) is 5.40. The first-order valence-electron chi connectivity index (χ1n) is 8.37. The molecular weight excluding hydrogens is 308 g/mol. The molecule has 6 heteroatoms. The summed E-state index contributed by atoms with van der Waals surface area (Å²) in [6.07, 6.45) is 4.00. The third kappa shape index (κ3) is 3.24. The molecule has 0 bridgehead atoms. The molecule has 3 rings (SSSR count). The molecule has 24 heavy (non-hydrogen) atoms. The van der Waals surface area contributed by atoms with Crippen LogP contribution in [-0.2, 0) is 9.53 Å². The molecule has 2 amide bonds. The summed E-state index contributed by atoms with van der Waals surface area (Å²) in [5, 5.41) is 0. The highest BCUT2D eigenvalue weighted by Crippen LogP contribution is 2.50. The molecule has 130 valence electrons. The summed E-state index contributed by atoms with van der Waals surface area (Å²) in [5.74, 6) is 0.374. The van der Waals surface area contributed by atoms with Crippen molar-refractivity contribution < 1.29 is 19.1 Å². The van der Waals surface area contributed by atoms with Crippen molar-refractivity contribution in [3.8, 4) is 5.75 Å². The van der Waals surface area contributed by atoms with Crippen molar-refractivity contribution in [2.75, 3.05) is 26.8 Å². The van der Waals surface area contributed by atoms with E-state index in [0.717, 1.165) is 44.5 Å². The Morgan fingerprint density at radius 1 is 1.21 bits per heavy atom. The number of rotatable bonds is 5. The lowest BCUT2D eigenvalue weighted by Crippen LogP contribution is -2.54. The second kappa shape index (κ2) is 6.81. The van der Waals surface area contributed by atoms with Crippen LogP contribution in [0, 0.1) is 5.41 Å². The number of hydrogen-bond donors (Lipinski definition) is 1. The molecule has 6 nitrogen and oxygen atoms in total. The number of methoxy groups -OCH3 is 1. The second-order valence-corrected chi connectivity index (χ2v) is 6.69. The van der Waals surface area contributed by atoms with Gasteiger partial charge < -0.3 is 20.1 Å². The van der Waals surface area contributed by atoms with Gasteiger partial charge in [-0.05, 0) is 49.9 Å². The molecule has 1 atom stereocenters. The van der Waals surface area contributed by atoms with Crippen LogP contribution in [0.5, 0.6) is 5.75 Å². The summed E-state index contributed by atoms with van der Waals surface area (Å²) in [5.41, 5.74) is 5.96. The zero-order valence-corrected chi connectivity index (χ0v) is 14.0. The first-order chi connectivity index (χ1) is 11.5. The highest BCUT2D eigenvalue weighted by Gasteiger charge is 2.49. The minimum absolute atomic E-state index is 0.0130. The van der Waals surface area contributed by atoms with Gasteiger partial charge in [-0.25, -0.2) is 0 Å². The zero-order chi connectivity index (χ0) is 17.2. The average Bonchev–Trinajstić information content (AvgIpc) is 2.60. The number of amides is 2. The fourth-order valence-corrected chi connectivity index (χ4v) is 3.76. The molecule has 1 aliphatic heterocycles. The predicted molar refractivity (Wildman–Crippen MR) is 88.7 cm³/mol. The molecular formula is C18H24N2O4. The Morgan fingerprint density at radius 3 is 2.38 bits per heavy atom. The van der Waals surface area contributed by atoms with Gasteiger partial charge >= 0.3 is 0 Å². The van der Waals surface area contributed by atoms with Gasteiger partial charge in [-0.15, -0.1) is 0 Å². The molecule has 1 saturated heterocycles. The number of primary amides is 1. The normalized spacial score (nSPS) is 22.0. The number of hydrogen-bond acceptors (Lipinski definition) is 4. The van der Waals surface area contributed by atoms with Crippen molar-refractivity contribution in [3.63, 3.8) is 0 Å². The van der Waals surface area contributed by atoms with E-state index in [9.17, 15) is 9.59 Å². The van der Waals surface area contributed by atoms with Gasteiger partial charge in [0.05, 0.1) is 13.2 Å². The van der Waals surface area contributed by atoms with Crippen molar-refractivity contribution >= 4 is 11.8 Å². The van der Waals surface area contributed by atoms with Gasteiger partial charge in [-0.2, -0.15) is 0 Å². The number of nitrogens with two attached hydrogens (primary N) is 1. The molecule has 1 aromatic rings. The average molecular weight is 332 g/mol. The van der Waals surface area contributed by atoms with Crippen LogP contribution >= 0.6 is 0 Å². The quantitative estimate of drug-likeness (QED) is 0.887. The lowest BCUT2D eigenvalue weighted by molar-refractivity contribution is -0.148. The van der Waals surface area contributed by atoms with Crippen molar-refractivity contribution in [3.05, 3.63) is 29.8 Å². The monoisotopic (exact) mass is 332 g/mol. The van der Waals surface area contributed by atoms with E-state index in [1.807, 2.05) is 4.90 Å². The molecule has 2 N–H and O–H groups in total. The van der Waals surface area contributed by atoms with Gasteiger partial charge in [-0.3, -0.25) is 9.59 Å². The molecule has 2 fully saturated rings. The summed E-state index contributed by atoms with van der Waals surface area (Å²) in [6, 6.07) is 7.21. The Hall–Kier alpha value is -2.08. The summed E-state index contributed by atoms with van der Waals surface area (Å²) in [4.78, 5) is 25.4. The predicted octanol–water partition coefficient (Wildman–Crippen LogP) is 1.58. The number of benzene rings is 1. The molecule has 1 unspecified atom stereocenters. The molecule has 1 aromatic carbocycles. The smallest absolute Gasteiger partial charge is 0.253 e. The standard InChI is InChI=1S/C18H24N2O4/c1-23-14-4-2-13(3-5-14)17(22)20-10-8-18(9-11-20)7-6-15(18)24-12-16(19)21/h2-5,15H,6-12H2,1H3,(H2,19,21). The van der Waals surface area contributed by atoms with Gasteiger partial charge in [-0.1, -0.05) is 0 Å². The van der Waals surface area contributed by atoms with Crippen molar-refractivity contribution in [1.29, 1.82) is 0 Å². The van der Waals surface area contributed by atoms with Gasteiger partial charge in [0.1, 0.15) is 12.4 Å². The number of likely N-dealkylation sites (tertiary alicyclic amines) is 1. The third-order valence-corrected chi connectivity index (χ3v) is 5.40. The highest BCUT2D eigenvalue weighted by molar-refractivity contribution is 5.94. The molecule has 1 saturated carbocycles. The van der Waals surface area contributed by atoms with Gasteiger partial charge in [0.25, 0.3) is 5.91 Å². The minimum atomic E-state index is -0.427. The molecule has 1 aliphatic carbocycles. The van der Waals surface area contributed by atoms with Crippen LogP contribution in [0.4, 0.5) is 0 Å². The van der Waals surface area contributed by atoms with E-state index in [2.05, 4.69) is 0 Å². The second-order valence-electron chi connectivity index (χ2n) is 6.69. The van der Waals surface area contributed by atoms with Gasteiger partial charge in [0.2, 0.25) is 5.91 Å². The topological polar surface area (TPSA) is 81.9 Å². The van der Waals surface area contributed by atoms with Crippen LogP contribution in [0.25, 0.3) is 0 Å². The van der Waals surface area contributed by atoms with Crippen LogP contribution in [-0.4, -0.2) is 49.6 Å². The molecule has 0 aromatic heterocycles. The van der Waals surface area contributed by atoms with E-state index < -0.39 is 5.91 Å². The lowest BCUT2D eigenvalue weighted by Gasteiger charge is -2.53. The lowest BCUT2D eigenvalue weighted by atomic mass is 9.60. The first kappa shape index (κ1) is 16.8. The molecule has 0 radical (unpaired) electrons. The van der Waals surface area contributed by atoms with Crippen molar-refractivity contribution in [2.45, 2.75) is 31.8 Å². The van der Waals surface area contributed by atoms with Crippen LogP contribution in [0.15, 0.2) is 24.3 Å². The molecule has 1 spiro atoms. The van der Waals surface area contributed by atoms with Gasteiger partial charge in [0.15, 0.2) is 0 Å². The van der Waals surface area contributed by atoms with Crippen molar-refractivity contribution in [1.82, 2.24) is 4.90 Å². The summed E-state index contributed by atoms with van der Waals surface area (Å²) in [6.45, 7) is 1.43. The van der Waals surface area contributed by atoms with Crippen LogP contribution in [0.3, 0.4) is 0 Å². The SMILES string of the molecule is COc1ccc(C(=O)N2CCC3(CCC3OCC(N)=O)CC2)cc1. The van der Waals surface area contributed by atoms with E-state index >= 15 is 0 Å². The van der Waals surface area contributed by atoms with Crippen LogP contribution in [0.2, 0.25) is 0 Å². The number of nitrogens with zero attached hydrogens (tertiary/aromatic N) is 1. The maximum absolute atomic E-state index is 12.6. The number of ether oxygens (including phenoxy) is 2. The first-order valence-corrected chi connectivity index (χ1v) is 8.37. The van der Waals surface area contributed by atoms with Gasteiger partial charge in [0, 0.05) is 24.1 Å². The van der Waals surface area contributed by atoms with E-state index in [1.54, 1.807) is 31.4 Å². The van der Waals surface area contributed by atoms with Crippen LogP contribution in [0.1, 0.15) is 36.0 Å². The van der Waals surface area contributed by atoms with E-state index in [0.29, 0.717) is 5.56 Å². The zero-order valence-electron chi connectivity index (χ0n) is 14.0. The number of piperidine rings is 1. The summed E-state index contributed by atoms with van der Waals surface area (Å²) >= 11 is 0. The Bertz CT molecular complexity index is 606. The summed E-state index contributed by atoms with van der Waals surface area (Å²) < 4.78 is 10.8. The van der Waals surface area contributed by atoms with E-state index in [1.165, 1.54) is 0 Å². The number of carbonyl (C=O) groups excluding carboxylic acids is 2. The number of carbonyl (C=O) groups is 2. The van der Waals surface area contributed by atoms with E-state index in [4.69, 9.17) is 15.2 Å². The fourth-order valence-electron chi connectivity index (χ4n) is 3.76. The molecule has 2 aliphatic rings. The summed E-state index contributed by atoms with van der Waals surface area (Å²) in [7, 11) is 1.61. The Balaban J connectivity index is 1.56. The van der Waals surface area contributed by atoms with Crippen molar-refractivity contribution in [2.24, 2.45) is 11.1 Å². The van der Waals surface area contributed by atoms with Crippen LogP contribution < -0.4 is 10.5 Å².